The lowest BCUT2D eigenvalue weighted by atomic mass is 9.47. The number of esters is 1. The van der Waals surface area contributed by atoms with Crippen LogP contribution < -0.4 is 0 Å². The van der Waals surface area contributed by atoms with Crippen molar-refractivity contribution in [3.8, 4) is 0 Å². The van der Waals surface area contributed by atoms with Crippen LogP contribution in [0.3, 0.4) is 0 Å². The zero-order valence-corrected chi connectivity index (χ0v) is 20.7. The average Bonchev–Trinajstić information content (AvgIpc) is 3.38. The number of carbonyl (C=O) groups excluding carboxylic acids is 1. The lowest BCUT2D eigenvalue weighted by molar-refractivity contribution is -0.401. The molecule has 2 saturated heterocycles. The van der Waals surface area contributed by atoms with E-state index in [-0.39, 0.29) is 18.5 Å². The summed E-state index contributed by atoms with van der Waals surface area (Å²) in [6, 6.07) is 3.08. The van der Waals surface area contributed by atoms with E-state index in [4.69, 9.17) is 9.47 Å². The summed E-state index contributed by atoms with van der Waals surface area (Å²) in [5, 5.41) is 72.1. The van der Waals surface area contributed by atoms with Crippen molar-refractivity contribution in [3.63, 3.8) is 0 Å². The molecular weight excluding hydrogens is 458 g/mol. The monoisotopic (exact) mass is 495 g/mol. The Kier molecular flexibility index (Phi) is 5.07. The van der Waals surface area contributed by atoms with E-state index in [0.29, 0.717) is 6.42 Å². The second-order valence-corrected chi connectivity index (χ2v) is 12.0. The van der Waals surface area contributed by atoms with E-state index < -0.39 is 75.6 Å². The van der Waals surface area contributed by atoms with Gasteiger partial charge in [-0.05, 0) is 43.7 Å². The van der Waals surface area contributed by atoms with Crippen LogP contribution in [0.1, 0.15) is 64.4 Å². The van der Waals surface area contributed by atoms with Gasteiger partial charge in [0.1, 0.15) is 29.1 Å². The second-order valence-electron chi connectivity index (χ2n) is 12.0. The Morgan fingerprint density at radius 3 is 2.40 bits per heavy atom. The molecule has 196 valence electrons. The molecule has 10 heteroatoms. The largest absolute Gasteiger partial charge is 0.452 e. The van der Waals surface area contributed by atoms with Gasteiger partial charge in [-0.3, -0.25) is 0 Å². The minimum absolute atomic E-state index is 0.0550. The first-order chi connectivity index (χ1) is 16.1. The van der Waals surface area contributed by atoms with Crippen molar-refractivity contribution in [3.05, 3.63) is 24.0 Å². The van der Waals surface area contributed by atoms with Crippen LogP contribution in [0.25, 0.3) is 0 Å². The molecule has 2 aliphatic carbocycles. The highest BCUT2D eigenvalue weighted by molar-refractivity contribution is 5.87. The Hall–Kier alpha value is -1.53. The summed E-state index contributed by atoms with van der Waals surface area (Å²) in [6.45, 7) is 7.96. The van der Waals surface area contributed by atoms with Crippen LogP contribution in [0.5, 0.6) is 0 Å². The molecule has 7 N–H and O–H groups in total. The molecule has 3 heterocycles. The number of aromatic amines is 1. The number of aliphatic hydroxyl groups is 6. The lowest BCUT2D eigenvalue weighted by Crippen LogP contribution is -2.82. The third-order valence-electron chi connectivity index (χ3n) is 10.4. The third-order valence-corrected chi connectivity index (χ3v) is 10.4. The molecule has 2 saturated carbocycles. The van der Waals surface area contributed by atoms with E-state index in [1.807, 2.05) is 0 Å². The Morgan fingerprint density at radius 1 is 1.17 bits per heavy atom. The summed E-state index contributed by atoms with van der Waals surface area (Å²) in [5.41, 5.74) is -9.85. The molecule has 1 spiro atoms. The molecule has 3 bridgehead atoms. The number of aromatic nitrogens is 1. The van der Waals surface area contributed by atoms with Crippen molar-refractivity contribution in [2.24, 2.45) is 22.7 Å². The zero-order valence-electron chi connectivity index (χ0n) is 20.7. The normalized spacial score (nSPS) is 55.0. The number of ether oxygens (including phenoxy) is 2. The van der Waals surface area contributed by atoms with Gasteiger partial charge < -0.3 is 45.1 Å². The quantitative estimate of drug-likeness (QED) is 0.286. The Labute approximate surface area is 203 Å². The van der Waals surface area contributed by atoms with E-state index in [2.05, 4.69) is 4.98 Å². The maximum Gasteiger partial charge on any atom is 0.355 e. The maximum absolute atomic E-state index is 13.0. The van der Waals surface area contributed by atoms with Gasteiger partial charge >= 0.3 is 5.97 Å². The van der Waals surface area contributed by atoms with Gasteiger partial charge in [0.15, 0.2) is 17.5 Å². The number of rotatable bonds is 3. The first-order valence-electron chi connectivity index (χ1n) is 12.3. The van der Waals surface area contributed by atoms with Crippen molar-refractivity contribution in [2.75, 3.05) is 0 Å². The Balaban J connectivity index is 1.79. The summed E-state index contributed by atoms with van der Waals surface area (Å²) >= 11 is 0. The van der Waals surface area contributed by atoms with Gasteiger partial charge in [-0.25, -0.2) is 4.79 Å². The number of hydrogen-bond donors (Lipinski definition) is 7. The number of H-pyrrole nitrogens is 1. The molecule has 5 rings (SSSR count). The first kappa shape index (κ1) is 25.1. The summed E-state index contributed by atoms with van der Waals surface area (Å²) < 4.78 is 11.9. The van der Waals surface area contributed by atoms with Crippen LogP contribution >= 0.6 is 0 Å². The molecule has 0 amide bonds. The van der Waals surface area contributed by atoms with Gasteiger partial charge in [-0.1, -0.05) is 27.7 Å². The summed E-state index contributed by atoms with van der Waals surface area (Å²) in [7, 11) is 0. The molecule has 4 aliphatic rings. The van der Waals surface area contributed by atoms with E-state index >= 15 is 0 Å². The van der Waals surface area contributed by atoms with Crippen molar-refractivity contribution in [2.45, 2.75) is 101 Å². The molecule has 0 aromatic carbocycles. The van der Waals surface area contributed by atoms with E-state index in [9.17, 15) is 35.4 Å². The molecule has 1 aromatic rings. The highest BCUT2D eigenvalue weighted by atomic mass is 16.7. The molecular formula is C25H37NO9. The summed E-state index contributed by atoms with van der Waals surface area (Å²) in [4.78, 5) is 15.8. The van der Waals surface area contributed by atoms with Crippen molar-refractivity contribution in [1.29, 1.82) is 0 Å². The van der Waals surface area contributed by atoms with Gasteiger partial charge in [0.2, 0.25) is 0 Å². The molecule has 1 aromatic heterocycles. The molecule has 11 atom stereocenters. The van der Waals surface area contributed by atoms with Gasteiger partial charge in [0.05, 0.1) is 11.5 Å². The number of nitrogens with one attached hydrogen (secondary N) is 1. The van der Waals surface area contributed by atoms with Gasteiger partial charge in [0, 0.05) is 18.0 Å². The summed E-state index contributed by atoms with van der Waals surface area (Å²) in [5.74, 6) is -4.28. The van der Waals surface area contributed by atoms with Crippen LogP contribution in [0.4, 0.5) is 0 Å². The van der Waals surface area contributed by atoms with Crippen LogP contribution in [-0.2, 0) is 9.47 Å². The highest BCUT2D eigenvalue weighted by Gasteiger charge is 2.92. The van der Waals surface area contributed by atoms with Crippen molar-refractivity contribution < 1.29 is 44.9 Å². The predicted octanol–water partition coefficient (Wildman–Crippen LogP) is 0.0584. The predicted molar refractivity (Wildman–Crippen MR) is 121 cm³/mol. The van der Waals surface area contributed by atoms with Gasteiger partial charge in [0.25, 0.3) is 0 Å². The Bertz CT molecular complexity index is 1030. The number of aliphatic hydroxyl groups excluding tert-OH is 3. The third kappa shape index (κ3) is 2.43. The van der Waals surface area contributed by atoms with Gasteiger partial charge in [-0.15, -0.1) is 0 Å². The lowest BCUT2D eigenvalue weighted by Gasteiger charge is -2.65. The topological polar surface area (TPSA) is 173 Å². The van der Waals surface area contributed by atoms with Crippen molar-refractivity contribution >= 4 is 5.97 Å². The SMILES string of the molecule is CC1CCC2(O)C3(C)CC4(O)OC2(C1O)[C@H](O)C4(C)C(O)(C(C)C)C(OC(=O)c1ccc[nH]1)[C@H]3O. The molecule has 10 nitrogen and oxygen atoms in total. The number of carbonyl (C=O) groups is 1. The van der Waals surface area contributed by atoms with E-state index in [1.54, 1.807) is 26.8 Å². The molecule has 4 fully saturated rings. The van der Waals surface area contributed by atoms with E-state index in [0.717, 1.165) is 0 Å². The van der Waals surface area contributed by atoms with Crippen LogP contribution in [-0.4, -0.2) is 88.6 Å². The minimum atomic E-state index is -2.26. The average molecular weight is 496 g/mol. The standard InChI is InChI=1S/C25H37NO9/c1-12(2)24(33)17(34-18(29)14-7-6-10-26-14)16(28)20(4)11-23(32)21(24,5)19(30)25(35-23)15(27)13(3)8-9-22(20,25)31/h6-7,10,12-13,15-17,19,26-28,30-33H,8-9,11H2,1-5H3/t13?,15?,16-,17?,19-,20?,21?,22?,23?,24?,25?/m1/s1. The molecule has 2 aliphatic heterocycles. The maximum atomic E-state index is 13.0. The fourth-order valence-electron chi connectivity index (χ4n) is 8.14. The van der Waals surface area contributed by atoms with E-state index in [1.165, 1.54) is 26.1 Å². The first-order valence-corrected chi connectivity index (χ1v) is 12.3. The summed E-state index contributed by atoms with van der Waals surface area (Å²) in [6.07, 6.45) is -4.91. The van der Waals surface area contributed by atoms with Crippen LogP contribution in [0, 0.1) is 22.7 Å². The van der Waals surface area contributed by atoms with Crippen molar-refractivity contribution in [1.82, 2.24) is 4.98 Å². The smallest absolute Gasteiger partial charge is 0.355 e. The second kappa shape index (κ2) is 7.06. The number of hydrogen-bond acceptors (Lipinski definition) is 9. The number of fused-ring (bicyclic) bond motifs is 2. The van der Waals surface area contributed by atoms with Gasteiger partial charge in [-0.2, -0.15) is 0 Å². The molecule has 35 heavy (non-hydrogen) atoms. The highest BCUT2D eigenvalue weighted by Crippen LogP contribution is 2.75. The minimum Gasteiger partial charge on any atom is -0.452 e. The fraction of sp³-hybridized carbons (Fsp3) is 0.800. The fourth-order valence-corrected chi connectivity index (χ4v) is 8.14. The zero-order chi connectivity index (χ0) is 26.0. The van der Waals surface area contributed by atoms with Crippen LogP contribution in [0.2, 0.25) is 0 Å². The van der Waals surface area contributed by atoms with Crippen LogP contribution in [0.15, 0.2) is 18.3 Å². The molecule has 0 radical (unpaired) electrons. The Morgan fingerprint density at radius 2 is 1.83 bits per heavy atom. The molecule has 9 unspecified atom stereocenters.